The summed E-state index contributed by atoms with van der Waals surface area (Å²) in [6, 6.07) is 7.66. The normalized spacial score (nSPS) is 11.2. The molecule has 0 unspecified atom stereocenters. The lowest BCUT2D eigenvalue weighted by Gasteiger charge is -2.15. The van der Waals surface area contributed by atoms with E-state index in [9.17, 15) is 8.42 Å². The second-order valence-corrected chi connectivity index (χ2v) is 7.42. The topological polar surface area (TPSA) is 73.9 Å². The van der Waals surface area contributed by atoms with E-state index >= 15 is 0 Å². The summed E-state index contributed by atoms with van der Waals surface area (Å²) in [5, 5.41) is 0.129. The van der Waals surface area contributed by atoms with Crippen LogP contribution in [0.5, 0.6) is 17.2 Å². The molecular formula is C16H17Cl2NO5S. The van der Waals surface area contributed by atoms with Crippen LogP contribution in [0, 0.1) is 0 Å². The van der Waals surface area contributed by atoms with Crippen molar-refractivity contribution in [2.45, 2.75) is 11.4 Å². The molecule has 0 amide bonds. The fourth-order valence-electron chi connectivity index (χ4n) is 2.17. The highest BCUT2D eigenvalue weighted by molar-refractivity contribution is 7.89. The predicted molar refractivity (Wildman–Crippen MR) is 96.6 cm³/mol. The third-order valence-electron chi connectivity index (χ3n) is 3.44. The third kappa shape index (κ3) is 4.30. The van der Waals surface area contributed by atoms with Gasteiger partial charge in [0, 0.05) is 18.2 Å². The summed E-state index contributed by atoms with van der Waals surface area (Å²) in [7, 11) is 0.604. The van der Waals surface area contributed by atoms with Crippen molar-refractivity contribution in [2.75, 3.05) is 21.3 Å². The Kier molecular flexibility index (Phi) is 6.40. The van der Waals surface area contributed by atoms with Crippen LogP contribution in [0.25, 0.3) is 0 Å². The maximum atomic E-state index is 12.5. The number of benzene rings is 2. The first-order valence-corrected chi connectivity index (χ1v) is 9.30. The van der Waals surface area contributed by atoms with Gasteiger partial charge in [-0.05, 0) is 18.2 Å². The maximum Gasteiger partial charge on any atom is 0.242 e. The van der Waals surface area contributed by atoms with Gasteiger partial charge in [0.1, 0.15) is 10.6 Å². The molecule has 0 saturated carbocycles. The molecule has 0 aliphatic heterocycles. The Hall–Kier alpha value is -1.67. The number of sulfonamides is 1. The van der Waals surface area contributed by atoms with Crippen LogP contribution >= 0.6 is 23.2 Å². The standard InChI is InChI=1S/C16H17Cl2NO5S/c1-22-12-8-14(24-3)13(23-2)7-10(12)9-19-25(20,21)15-6-4-5-11(17)16(15)18/h4-8,19H,9H2,1-3H3. The first kappa shape index (κ1) is 19.7. The minimum absolute atomic E-state index is 0.0315. The average Bonchev–Trinajstić information content (AvgIpc) is 2.61. The van der Waals surface area contributed by atoms with E-state index in [1.807, 2.05) is 0 Å². The van der Waals surface area contributed by atoms with Crippen LogP contribution in [-0.2, 0) is 16.6 Å². The van der Waals surface area contributed by atoms with E-state index in [2.05, 4.69) is 4.72 Å². The zero-order valence-corrected chi connectivity index (χ0v) is 16.1. The Labute approximate surface area is 156 Å². The van der Waals surface area contributed by atoms with E-state index in [-0.39, 0.29) is 21.5 Å². The molecule has 2 aromatic rings. The highest BCUT2D eigenvalue weighted by Crippen LogP contribution is 2.35. The SMILES string of the molecule is COc1cc(OC)c(OC)cc1CNS(=O)(=O)c1cccc(Cl)c1Cl. The van der Waals surface area contributed by atoms with Crippen molar-refractivity contribution in [1.29, 1.82) is 0 Å². The van der Waals surface area contributed by atoms with Gasteiger partial charge in [-0.15, -0.1) is 0 Å². The number of nitrogens with one attached hydrogen (secondary N) is 1. The van der Waals surface area contributed by atoms with Crippen LogP contribution < -0.4 is 18.9 Å². The lowest BCUT2D eigenvalue weighted by molar-refractivity contribution is 0.347. The number of hydrogen-bond donors (Lipinski definition) is 1. The minimum Gasteiger partial charge on any atom is -0.496 e. The van der Waals surface area contributed by atoms with Crippen molar-refractivity contribution in [2.24, 2.45) is 0 Å². The number of halogens is 2. The van der Waals surface area contributed by atoms with Gasteiger partial charge in [0.25, 0.3) is 0 Å². The average molecular weight is 406 g/mol. The molecule has 9 heteroatoms. The zero-order valence-electron chi connectivity index (χ0n) is 13.8. The molecule has 25 heavy (non-hydrogen) atoms. The molecule has 0 fully saturated rings. The first-order valence-electron chi connectivity index (χ1n) is 7.06. The largest absolute Gasteiger partial charge is 0.496 e. The molecule has 0 bridgehead atoms. The van der Waals surface area contributed by atoms with Crippen LogP contribution in [0.3, 0.4) is 0 Å². The van der Waals surface area contributed by atoms with Gasteiger partial charge >= 0.3 is 0 Å². The second kappa shape index (κ2) is 8.14. The molecule has 0 aliphatic rings. The minimum atomic E-state index is -3.87. The Bertz CT molecular complexity index is 871. The van der Waals surface area contributed by atoms with Crippen LogP contribution in [-0.4, -0.2) is 29.7 Å². The van der Waals surface area contributed by atoms with E-state index in [1.165, 1.54) is 39.5 Å². The van der Waals surface area contributed by atoms with Crippen molar-refractivity contribution in [3.8, 4) is 17.2 Å². The van der Waals surface area contributed by atoms with Crippen LogP contribution in [0.1, 0.15) is 5.56 Å². The van der Waals surface area contributed by atoms with E-state index < -0.39 is 10.0 Å². The van der Waals surface area contributed by atoms with Gasteiger partial charge in [0.05, 0.1) is 31.4 Å². The molecule has 2 rings (SSSR count). The van der Waals surface area contributed by atoms with E-state index in [1.54, 1.807) is 12.1 Å². The fourth-order valence-corrected chi connectivity index (χ4v) is 3.94. The highest BCUT2D eigenvalue weighted by Gasteiger charge is 2.20. The number of rotatable bonds is 7. The molecule has 0 radical (unpaired) electrons. The Morgan fingerprint density at radius 3 is 2.16 bits per heavy atom. The highest BCUT2D eigenvalue weighted by atomic mass is 35.5. The van der Waals surface area contributed by atoms with E-state index in [4.69, 9.17) is 37.4 Å². The lowest BCUT2D eigenvalue weighted by Crippen LogP contribution is -2.24. The molecule has 2 aromatic carbocycles. The van der Waals surface area contributed by atoms with Crippen LogP contribution in [0.4, 0.5) is 0 Å². The Balaban J connectivity index is 2.32. The summed E-state index contributed by atoms with van der Waals surface area (Å²) in [6.07, 6.45) is 0. The summed E-state index contributed by atoms with van der Waals surface area (Å²) in [5.74, 6) is 1.39. The third-order valence-corrected chi connectivity index (χ3v) is 5.82. The summed E-state index contributed by atoms with van der Waals surface area (Å²) < 4.78 is 43.2. The van der Waals surface area contributed by atoms with Crippen LogP contribution in [0.15, 0.2) is 35.2 Å². The van der Waals surface area contributed by atoms with Gasteiger partial charge in [-0.1, -0.05) is 29.3 Å². The second-order valence-electron chi connectivity index (χ2n) is 4.90. The molecule has 0 atom stereocenters. The van der Waals surface area contributed by atoms with E-state index in [0.29, 0.717) is 22.8 Å². The van der Waals surface area contributed by atoms with Gasteiger partial charge in [-0.2, -0.15) is 0 Å². The predicted octanol–water partition coefficient (Wildman–Crippen LogP) is 3.50. The van der Waals surface area contributed by atoms with Crippen LogP contribution in [0.2, 0.25) is 10.0 Å². The summed E-state index contributed by atoms with van der Waals surface area (Å²) in [6.45, 7) is -0.0330. The van der Waals surface area contributed by atoms with Crippen molar-refractivity contribution in [3.63, 3.8) is 0 Å². The number of methoxy groups -OCH3 is 3. The number of hydrogen-bond acceptors (Lipinski definition) is 5. The van der Waals surface area contributed by atoms with Crippen molar-refractivity contribution in [3.05, 3.63) is 45.9 Å². The molecule has 1 N–H and O–H groups in total. The van der Waals surface area contributed by atoms with Crippen molar-refractivity contribution in [1.82, 2.24) is 4.72 Å². The first-order chi connectivity index (χ1) is 11.8. The molecule has 0 heterocycles. The summed E-state index contributed by atoms with van der Waals surface area (Å²) >= 11 is 11.9. The van der Waals surface area contributed by atoms with Gasteiger partial charge in [-0.3, -0.25) is 0 Å². The summed E-state index contributed by atoms with van der Waals surface area (Å²) in [5.41, 5.74) is 0.571. The number of ether oxygens (including phenoxy) is 3. The molecule has 0 spiro atoms. The Morgan fingerprint density at radius 1 is 0.960 bits per heavy atom. The fraction of sp³-hybridized carbons (Fsp3) is 0.250. The smallest absolute Gasteiger partial charge is 0.242 e. The van der Waals surface area contributed by atoms with Crippen molar-refractivity contribution < 1.29 is 22.6 Å². The van der Waals surface area contributed by atoms with E-state index in [0.717, 1.165) is 0 Å². The zero-order chi connectivity index (χ0) is 18.6. The lowest BCUT2D eigenvalue weighted by atomic mass is 10.1. The molecule has 0 saturated heterocycles. The Morgan fingerprint density at radius 2 is 1.56 bits per heavy atom. The van der Waals surface area contributed by atoms with Gasteiger partial charge in [0.15, 0.2) is 11.5 Å². The molecule has 0 aliphatic carbocycles. The quantitative estimate of drug-likeness (QED) is 0.762. The summed E-state index contributed by atoms with van der Waals surface area (Å²) in [4.78, 5) is -0.0962. The van der Waals surface area contributed by atoms with Gasteiger partial charge in [-0.25, -0.2) is 13.1 Å². The molecule has 6 nitrogen and oxygen atoms in total. The monoisotopic (exact) mass is 405 g/mol. The van der Waals surface area contributed by atoms with Gasteiger partial charge < -0.3 is 14.2 Å². The molecule has 0 aromatic heterocycles. The molecule has 136 valence electrons. The van der Waals surface area contributed by atoms with Gasteiger partial charge in [0.2, 0.25) is 10.0 Å². The van der Waals surface area contributed by atoms with Crippen molar-refractivity contribution >= 4 is 33.2 Å². The molecular weight excluding hydrogens is 389 g/mol. The maximum absolute atomic E-state index is 12.5.